The molecular formula is C63H122O17P2. The van der Waals surface area contributed by atoms with E-state index >= 15 is 0 Å². The minimum absolute atomic E-state index is 0.106. The van der Waals surface area contributed by atoms with E-state index in [0.717, 1.165) is 109 Å². The molecule has 0 spiro atoms. The molecule has 17 nitrogen and oxygen atoms in total. The predicted molar refractivity (Wildman–Crippen MR) is 326 cm³/mol. The molecule has 5 atom stereocenters. The van der Waals surface area contributed by atoms with Crippen LogP contribution in [0.4, 0.5) is 0 Å². The number of phosphoric ester groups is 2. The molecule has 82 heavy (non-hydrogen) atoms. The molecule has 0 aliphatic heterocycles. The van der Waals surface area contributed by atoms with Gasteiger partial charge in [0.2, 0.25) is 0 Å². The Hall–Kier alpha value is -1.94. The molecule has 0 saturated carbocycles. The first-order chi connectivity index (χ1) is 39.5. The van der Waals surface area contributed by atoms with Crippen LogP contribution < -0.4 is 0 Å². The van der Waals surface area contributed by atoms with Gasteiger partial charge in [0.1, 0.15) is 19.3 Å². The lowest BCUT2D eigenvalue weighted by Crippen LogP contribution is -2.30. The topological polar surface area (TPSA) is 237 Å². The largest absolute Gasteiger partial charge is 0.472 e. The molecule has 0 saturated heterocycles. The molecule has 0 bridgehead atoms. The van der Waals surface area contributed by atoms with Crippen molar-refractivity contribution in [2.24, 2.45) is 5.92 Å². The van der Waals surface area contributed by atoms with Crippen LogP contribution in [-0.4, -0.2) is 96.7 Å². The number of carbonyl (C=O) groups excluding carboxylic acids is 4. The van der Waals surface area contributed by atoms with Crippen molar-refractivity contribution in [3.05, 3.63) is 0 Å². The zero-order chi connectivity index (χ0) is 60.6. The fraction of sp³-hybridized carbons (Fsp3) is 0.937. The molecule has 19 heteroatoms. The van der Waals surface area contributed by atoms with E-state index in [-0.39, 0.29) is 25.7 Å². The third-order valence-corrected chi connectivity index (χ3v) is 16.4. The summed E-state index contributed by atoms with van der Waals surface area (Å²) in [5, 5.41) is 10.5. The summed E-state index contributed by atoms with van der Waals surface area (Å²) in [5.41, 5.74) is 0. The fourth-order valence-electron chi connectivity index (χ4n) is 9.41. The van der Waals surface area contributed by atoms with Gasteiger partial charge in [0.15, 0.2) is 12.2 Å². The molecule has 3 N–H and O–H groups in total. The zero-order valence-corrected chi connectivity index (χ0v) is 54.4. The number of phosphoric acid groups is 2. The molecule has 0 amide bonds. The van der Waals surface area contributed by atoms with Gasteiger partial charge in [0.05, 0.1) is 26.4 Å². The van der Waals surface area contributed by atoms with E-state index in [1.807, 2.05) is 0 Å². The third kappa shape index (κ3) is 57.2. The van der Waals surface area contributed by atoms with Crippen LogP contribution in [-0.2, 0) is 65.4 Å². The molecule has 486 valence electrons. The van der Waals surface area contributed by atoms with Gasteiger partial charge < -0.3 is 33.8 Å². The second kappa shape index (κ2) is 56.8. The summed E-state index contributed by atoms with van der Waals surface area (Å²) in [4.78, 5) is 72.0. The van der Waals surface area contributed by atoms with Crippen molar-refractivity contribution in [2.75, 3.05) is 39.6 Å². The maximum atomic E-state index is 13.0. The minimum atomic E-state index is -4.94. The number of esters is 4. The third-order valence-electron chi connectivity index (χ3n) is 14.5. The highest BCUT2D eigenvalue weighted by atomic mass is 31.2. The van der Waals surface area contributed by atoms with Gasteiger partial charge in [-0.25, -0.2) is 9.13 Å². The summed E-state index contributed by atoms with van der Waals surface area (Å²) >= 11 is 0. The summed E-state index contributed by atoms with van der Waals surface area (Å²) in [6, 6.07) is 0. The molecule has 0 radical (unpaired) electrons. The minimum Gasteiger partial charge on any atom is -0.462 e. The molecule has 0 aliphatic rings. The number of hydrogen-bond acceptors (Lipinski definition) is 15. The van der Waals surface area contributed by atoms with E-state index < -0.39 is 97.5 Å². The molecule has 2 unspecified atom stereocenters. The average molecular weight is 1210 g/mol. The van der Waals surface area contributed by atoms with Crippen molar-refractivity contribution in [3.8, 4) is 0 Å². The SMILES string of the molecule is CCCCCCCCCCCCCCCC(=O)O[C@H](COC(=O)CCCCCCCCCCCC(C)C)COP(=O)(O)OC[C@@H](O)COP(=O)(O)OC[C@@H](COC(=O)CCCCCCCCC)OC(=O)CCCCCCCCCCCC. The van der Waals surface area contributed by atoms with Gasteiger partial charge in [-0.1, -0.05) is 266 Å². The quantitative estimate of drug-likeness (QED) is 0.0222. The van der Waals surface area contributed by atoms with Gasteiger partial charge in [-0.2, -0.15) is 0 Å². The maximum Gasteiger partial charge on any atom is 0.472 e. The fourth-order valence-corrected chi connectivity index (χ4v) is 11.0. The molecular weight excluding hydrogens is 1090 g/mol. The van der Waals surface area contributed by atoms with Crippen molar-refractivity contribution in [2.45, 2.75) is 335 Å². The highest BCUT2D eigenvalue weighted by Gasteiger charge is 2.30. The van der Waals surface area contributed by atoms with Crippen LogP contribution >= 0.6 is 15.6 Å². The second-order valence-electron chi connectivity index (χ2n) is 23.3. The molecule has 0 aliphatic carbocycles. The van der Waals surface area contributed by atoms with E-state index in [0.29, 0.717) is 25.7 Å². The Kier molecular flexibility index (Phi) is 55.5. The summed E-state index contributed by atoms with van der Waals surface area (Å²) in [5.74, 6) is -1.39. The first-order valence-electron chi connectivity index (χ1n) is 33.1. The number of rotatable bonds is 63. The number of ether oxygens (including phenoxy) is 4. The Morgan fingerprint density at radius 3 is 0.829 bits per heavy atom. The van der Waals surface area contributed by atoms with Crippen molar-refractivity contribution >= 4 is 39.5 Å². The Labute approximate surface area is 498 Å². The lowest BCUT2D eigenvalue weighted by molar-refractivity contribution is -0.161. The number of hydrogen-bond donors (Lipinski definition) is 3. The standard InChI is InChI=1S/C63H122O17P2/c1-6-9-12-15-18-20-22-23-24-28-34-39-44-49-63(68)80-59(53-74-61(66)47-42-37-32-29-25-26-31-35-40-45-56(4)5)55-78-82(71,72)76-51-57(64)50-75-81(69,70)77-54-58(52-73-60(65)46-41-36-30-17-14-11-8-3)79-62(67)48-43-38-33-27-21-19-16-13-10-7-2/h56-59,64H,6-55H2,1-5H3,(H,69,70)(H,71,72)/t57-,58+,59+/m0/s1. The average Bonchev–Trinajstić information content (AvgIpc) is 3.45. The van der Waals surface area contributed by atoms with Gasteiger partial charge in [0.25, 0.3) is 0 Å². The predicted octanol–water partition coefficient (Wildman–Crippen LogP) is 17.4. The van der Waals surface area contributed by atoms with Gasteiger partial charge in [-0.15, -0.1) is 0 Å². The second-order valence-corrected chi connectivity index (χ2v) is 26.2. The molecule has 0 aromatic carbocycles. The van der Waals surface area contributed by atoms with Crippen LogP contribution in [0.1, 0.15) is 317 Å². The first kappa shape index (κ1) is 80.1. The van der Waals surface area contributed by atoms with Gasteiger partial charge in [-0.05, 0) is 31.6 Å². The lowest BCUT2D eigenvalue weighted by atomic mass is 10.0. The first-order valence-corrected chi connectivity index (χ1v) is 36.1. The van der Waals surface area contributed by atoms with Crippen molar-refractivity contribution < 1.29 is 80.2 Å². The summed E-state index contributed by atoms with van der Waals surface area (Å²) in [6.07, 6.45) is 40.3. The van der Waals surface area contributed by atoms with Crippen LogP contribution in [0.15, 0.2) is 0 Å². The molecule has 0 rings (SSSR count). The highest BCUT2D eigenvalue weighted by Crippen LogP contribution is 2.45. The number of unbranched alkanes of at least 4 members (excludes halogenated alkanes) is 35. The maximum absolute atomic E-state index is 13.0. The van der Waals surface area contributed by atoms with Crippen molar-refractivity contribution in [1.29, 1.82) is 0 Å². The summed E-state index contributed by atoms with van der Waals surface area (Å²) in [6.45, 7) is 7.13. The molecule has 0 fully saturated rings. The monoisotopic (exact) mass is 1210 g/mol. The van der Waals surface area contributed by atoms with Crippen LogP contribution in [0, 0.1) is 5.92 Å². The van der Waals surface area contributed by atoms with Crippen LogP contribution in [0.2, 0.25) is 0 Å². The Bertz CT molecular complexity index is 1600. The van der Waals surface area contributed by atoms with Crippen LogP contribution in [0.25, 0.3) is 0 Å². The van der Waals surface area contributed by atoms with Gasteiger partial charge >= 0.3 is 39.5 Å². The Balaban J connectivity index is 5.21. The van der Waals surface area contributed by atoms with Crippen molar-refractivity contribution in [1.82, 2.24) is 0 Å². The Morgan fingerprint density at radius 2 is 0.561 bits per heavy atom. The molecule has 0 aromatic rings. The number of aliphatic hydroxyl groups excluding tert-OH is 1. The van der Waals surface area contributed by atoms with Crippen molar-refractivity contribution in [3.63, 3.8) is 0 Å². The highest BCUT2D eigenvalue weighted by molar-refractivity contribution is 7.47. The van der Waals surface area contributed by atoms with E-state index in [1.54, 1.807) is 0 Å². The lowest BCUT2D eigenvalue weighted by Gasteiger charge is -2.21. The molecule has 0 heterocycles. The van der Waals surface area contributed by atoms with E-state index in [4.69, 9.17) is 37.0 Å². The van der Waals surface area contributed by atoms with Crippen LogP contribution in [0.5, 0.6) is 0 Å². The van der Waals surface area contributed by atoms with Gasteiger partial charge in [0, 0.05) is 25.7 Å². The van der Waals surface area contributed by atoms with E-state index in [1.165, 1.54) is 128 Å². The normalized spacial score (nSPS) is 14.3. The zero-order valence-electron chi connectivity index (χ0n) is 52.6. The number of aliphatic hydroxyl groups is 1. The van der Waals surface area contributed by atoms with E-state index in [2.05, 4.69) is 34.6 Å². The Morgan fingerprint density at radius 1 is 0.329 bits per heavy atom. The molecule has 0 aromatic heterocycles. The number of carbonyl (C=O) groups is 4. The summed E-state index contributed by atoms with van der Waals surface area (Å²) < 4.78 is 67.9. The van der Waals surface area contributed by atoms with Crippen LogP contribution in [0.3, 0.4) is 0 Å². The summed E-state index contributed by atoms with van der Waals surface area (Å²) in [7, 11) is -9.88. The van der Waals surface area contributed by atoms with E-state index in [9.17, 15) is 43.2 Å². The smallest absolute Gasteiger partial charge is 0.462 e. The van der Waals surface area contributed by atoms with Gasteiger partial charge in [-0.3, -0.25) is 37.3 Å².